The maximum Gasteiger partial charge on any atom is 0.363 e. The Morgan fingerprint density at radius 2 is 2.00 bits per heavy atom. The van der Waals surface area contributed by atoms with E-state index in [0.29, 0.717) is 39.3 Å². The maximum absolute atomic E-state index is 12.2. The van der Waals surface area contributed by atoms with Crippen LogP contribution in [0.2, 0.25) is 10.0 Å². The zero-order valence-corrected chi connectivity index (χ0v) is 16.8. The number of halogens is 2. The molecule has 0 bridgehead atoms. The fraction of sp³-hybridized carbons (Fsp3) is 0.143. The van der Waals surface area contributed by atoms with Crippen LogP contribution < -0.4 is 9.47 Å². The van der Waals surface area contributed by atoms with Crippen LogP contribution >= 0.6 is 23.2 Å². The molecule has 1 aliphatic rings. The highest BCUT2D eigenvalue weighted by atomic mass is 35.5. The van der Waals surface area contributed by atoms with Crippen molar-refractivity contribution in [1.29, 1.82) is 0 Å². The lowest BCUT2D eigenvalue weighted by molar-refractivity contribution is -0.129. The Morgan fingerprint density at radius 3 is 2.71 bits per heavy atom. The minimum atomic E-state index is -0.578. The third-order valence-electron chi connectivity index (χ3n) is 3.74. The van der Waals surface area contributed by atoms with Gasteiger partial charge in [-0.25, -0.2) is 9.79 Å². The molecule has 0 saturated heterocycles. The molecule has 0 atom stereocenters. The first-order chi connectivity index (χ1) is 13.4. The summed E-state index contributed by atoms with van der Waals surface area (Å²) in [5.41, 5.74) is 2.16. The van der Waals surface area contributed by atoms with Crippen molar-refractivity contribution in [3.63, 3.8) is 0 Å². The Morgan fingerprint density at radius 1 is 1.21 bits per heavy atom. The van der Waals surface area contributed by atoms with Crippen LogP contribution in [0.3, 0.4) is 0 Å². The number of ether oxygens (including phenoxy) is 3. The summed E-state index contributed by atoms with van der Waals surface area (Å²) in [5, 5.41) is 0.849. The summed E-state index contributed by atoms with van der Waals surface area (Å²) in [5.74, 6) is 0.642. The monoisotopic (exact) mass is 417 g/mol. The number of aliphatic imine (C=N–C) groups is 1. The SMILES string of the molecule is C=C(C)COc1cc(C=C2N=C(c3cc(Cl)ccc3Cl)OC2=O)ccc1OC. The summed E-state index contributed by atoms with van der Waals surface area (Å²) < 4.78 is 16.3. The maximum atomic E-state index is 12.2. The molecule has 0 saturated carbocycles. The summed E-state index contributed by atoms with van der Waals surface area (Å²) in [6.45, 7) is 6.04. The van der Waals surface area contributed by atoms with E-state index in [1.165, 1.54) is 0 Å². The van der Waals surface area contributed by atoms with Crippen molar-refractivity contribution in [2.45, 2.75) is 6.92 Å². The van der Waals surface area contributed by atoms with E-state index in [2.05, 4.69) is 11.6 Å². The molecule has 1 heterocycles. The Labute approximate surface area is 172 Å². The standard InChI is InChI=1S/C21H17Cl2NO4/c1-12(2)11-27-19-9-13(4-7-18(19)26-3)8-17-21(25)28-20(24-17)15-10-14(22)5-6-16(15)23/h4-10H,1,11H2,2-3H3. The van der Waals surface area contributed by atoms with Gasteiger partial charge in [-0.1, -0.05) is 35.8 Å². The van der Waals surface area contributed by atoms with Gasteiger partial charge < -0.3 is 14.2 Å². The molecule has 144 valence electrons. The normalized spacial score (nSPS) is 14.6. The van der Waals surface area contributed by atoms with Crippen LogP contribution in [0, 0.1) is 0 Å². The summed E-state index contributed by atoms with van der Waals surface area (Å²) >= 11 is 12.2. The third-order valence-corrected chi connectivity index (χ3v) is 4.31. The van der Waals surface area contributed by atoms with Crippen molar-refractivity contribution in [1.82, 2.24) is 0 Å². The number of hydrogen-bond acceptors (Lipinski definition) is 5. The number of methoxy groups -OCH3 is 1. The zero-order chi connectivity index (χ0) is 20.3. The van der Waals surface area contributed by atoms with Crippen LogP contribution in [0.15, 0.2) is 59.2 Å². The van der Waals surface area contributed by atoms with Crippen LogP contribution in [0.5, 0.6) is 11.5 Å². The van der Waals surface area contributed by atoms with E-state index < -0.39 is 5.97 Å². The fourth-order valence-corrected chi connectivity index (χ4v) is 2.81. The lowest BCUT2D eigenvalue weighted by Gasteiger charge is -2.11. The molecular weight excluding hydrogens is 401 g/mol. The van der Waals surface area contributed by atoms with Gasteiger partial charge in [0, 0.05) is 5.02 Å². The van der Waals surface area contributed by atoms with E-state index in [0.717, 1.165) is 5.57 Å². The summed E-state index contributed by atoms with van der Waals surface area (Å²) in [7, 11) is 1.56. The smallest absolute Gasteiger partial charge is 0.363 e. The van der Waals surface area contributed by atoms with E-state index in [4.69, 9.17) is 37.4 Å². The van der Waals surface area contributed by atoms with Crippen LogP contribution in [-0.4, -0.2) is 25.6 Å². The lowest BCUT2D eigenvalue weighted by Crippen LogP contribution is -2.06. The number of benzene rings is 2. The van der Waals surface area contributed by atoms with Gasteiger partial charge in [0.2, 0.25) is 5.90 Å². The van der Waals surface area contributed by atoms with E-state index in [9.17, 15) is 4.79 Å². The number of nitrogens with zero attached hydrogens (tertiary/aromatic N) is 1. The summed E-state index contributed by atoms with van der Waals surface area (Å²) in [4.78, 5) is 16.5. The van der Waals surface area contributed by atoms with Gasteiger partial charge in [-0.05, 0) is 54.5 Å². The van der Waals surface area contributed by atoms with Crippen molar-refractivity contribution < 1.29 is 19.0 Å². The fourth-order valence-electron chi connectivity index (χ4n) is 2.44. The third kappa shape index (κ3) is 4.55. The first-order valence-electron chi connectivity index (χ1n) is 8.30. The number of esters is 1. The van der Waals surface area contributed by atoms with Crippen molar-refractivity contribution in [3.8, 4) is 11.5 Å². The van der Waals surface area contributed by atoms with Crippen LogP contribution in [0.4, 0.5) is 0 Å². The molecule has 2 aromatic rings. The molecule has 2 aromatic carbocycles. The van der Waals surface area contributed by atoms with Gasteiger partial charge in [0.1, 0.15) is 6.61 Å². The minimum Gasteiger partial charge on any atom is -0.493 e. The number of rotatable bonds is 6. The first-order valence-corrected chi connectivity index (χ1v) is 9.06. The van der Waals surface area contributed by atoms with Gasteiger partial charge >= 0.3 is 5.97 Å². The molecule has 0 spiro atoms. The van der Waals surface area contributed by atoms with Crippen molar-refractivity contribution in [2.75, 3.05) is 13.7 Å². The molecule has 0 N–H and O–H groups in total. The molecule has 0 unspecified atom stereocenters. The highest BCUT2D eigenvalue weighted by molar-refractivity contribution is 6.36. The number of carbonyl (C=O) groups excluding carboxylic acids is 1. The van der Waals surface area contributed by atoms with Crippen LogP contribution in [0.1, 0.15) is 18.1 Å². The molecular formula is C21H17Cl2NO4. The van der Waals surface area contributed by atoms with Crippen LogP contribution in [0.25, 0.3) is 6.08 Å². The van der Waals surface area contributed by atoms with Crippen molar-refractivity contribution in [3.05, 3.63) is 75.4 Å². The average Bonchev–Trinajstić information content (AvgIpc) is 3.02. The zero-order valence-electron chi connectivity index (χ0n) is 15.3. The number of carbonyl (C=O) groups is 1. The average molecular weight is 418 g/mol. The topological polar surface area (TPSA) is 57.1 Å². The molecule has 28 heavy (non-hydrogen) atoms. The molecule has 0 aromatic heterocycles. The summed E-state index contributed by atoms with van der Waals surface area (Å²) in [6, 6.07) is 10.1. The predicted octanol–water partition coefficient (Wildman–Crippen LogP) is 5.30. The number of cyclic esters (lactones) is 1. The highest BCUT2D eigenvalue weighted by Crippen LogP contribution is 2.31. The predicted molar refractivity (Wildman–Crippen MR) is 110 cm³/mol. The number of hydrogen-bond donors (Lipinski definition) is 0. The molecule has 1 aliphatic heterocycles. The Kier molecular flexibility index (Phi) is 6.07. The molecule has 0 fully saturated rings. The van der Waals surface area contributed by atoms with Gasteiger partial charge in [0.25, 0.3) is 0 Å². The lowest BCUT2D eigenvalue weighted by atomic mass is 10.1. The van der Waals surface area contributed by atoms with Gasteiger partial charge in [0.15, 0.2) is 17.2 Å². The quantitative estimate of drug-likeness (QED) is 0.363. The minimum absolute atomic E-state index is 0.107. The van der Waals surface area contributed by atoms with Crippen molar-refractivity contribution in [2.24, 2.45) is 4.99 Å². The second-order valence-electron chi connectivity index (χ2n) is 6.12. The Hall–Kier alpha value is -2.76. The Balaban J connectivity index is 1.93. The van der Waals surface area contributed by atoms with Crippen LogP contribution in [-0.2, 0) is 9.53 Å². The van der Waals surface area contributed by atoms with Gasteiger partial charge in [0.05, 0.1) is 17.7 Å². The second-order valence-corrected chi connectivity index (χ2v) is 6.96. The molecule has 0 radical (unpaired) electrons. The van der Waals surface area contributed by atoms with E-state index in [-0.39, 0.29) is 11.6 Å². The molecule has 0 amide bonds. The Bertz CT molecular complexity index is 1010. The first kappa shape index (κ1) is 20.0. The van der Waals surface area contributed by atoms with E-state index in [1.807, 2.05) is 6.92 Å². The largest absolute Gasteiger partial charge is 0.493 e. The van der Waals surface area contributed by atoms with E-state index >= 15 is 0 Å². The van der Waals surface area contributed by atoms with E-state index in [1.54, 1.807) is 49.6 Å². The second kappa shape index (κ2) is 8.50. The molecule has 3 rings (SSSR count). The van der Waals surface area contributed by atoms with Gasteiger partial charge in [-0.2, -0.15) is 0 Å². The highest BCUT2D eigenvalue weighted by Gasteiger charge is 2.26. The van der Waals surface area contributed by atoms with Gasteiger partial charge in [-0.15, -0.1) is 0 Å². The summed E-state index contributed by atoms with van der Waals surface area (Å²) in [6.07, 6.45) is 1.60. The van der Waals surface area contributed by atoms with Gasteiger partial charge in [-0.3, -0.25) is 0 Å². The van der Waals surface area contributed by atoms with Crippen molar-refractivity contribution >= 4 is 41.1 Å². The molecule has 0 aliphatic carbocycles. The molecule has 7 heteroatoms. The molecule has 5 nitrogen and oxygen atoms in total.